The van der Waals surface area contributed by atoms with Crippen LogP contribution in [0.25, 0.3) is 0 Å². The third kappa shape index (κ3) is 2.59. The summed E-state index contributed by atoms with van der Waals surface area (Å²) in [5.41, 5.74) is 0.157. The van der Waals surface area contributed by atoms with Crippen molar-refractivity contribution >= 4 is 5.97 Å². The first-order valence-electron chi connectivity index (χ1n) is 5.53. The zero-order valence-electron chi connectivity index (χ0n) is 9.36. The fraction of sp³-hybridized carbons (Fsp3) is 0.750. The third-order valence-corrected chi connectivity index (χ3v) is 3.20. The second-order valence-corrected chi connectivity index (χ2v) is 5.04. The van der Waals surface area contributed by atoms with E-state index in [1.165, 1.54) is 0 Å². The fourth-order valence-corrected chi connectivity index (χ4v) is 1.84. The Labute approximate surface area is 90.4 Å². The molecule has 0 saturated heterocycles. The molecule has 0 bridgehead atoms. The summed E-state index contributed by atoms with van der Waals surface area (Å²) in [5.74, 6) is 0.0507. The van der Waals surface area contributed by atoms with Gasteiger partial charge in [0.25, 0.3) is 0 Å². The summed E-state index contributed by atoms with van der Waals surface area (Å²) in [7, 11) is 0. The average molecular weight is 210 g/mol. The maximum absolute atomic E-state index is 11.6. The number of carbonyl (C=O) groups excluding carboxylic acids is 1. The summed E-state index contributed by atoms with van der Waals surface area (Å²) in [6, 6.07) is 0. The van der Waals surface area contributed by atoms with Gasteiger partial charge >= 0.3 is 5.97 Å². The Morgan fingerprint density at radius 1 is 1.53 bits per heavy atom. The van der Waals surface area contributed by atoms with Gasteiger partial charge in [-0.1, -0.05) is 26.0 Å². The van der Waals surface area contributed by atoms with E-state index in [0.717, 1.165) is 12.8 Å². The number of ether oxygens (including phenoxy) is 2. The van der Waals surface area contributed by atoms with Gasteiger partial charge < -0.3 is 9.47 Å². The standard InChI is InChI=1S/C12H18O3/c1-12(2)7-10(12)11(13)15-8-9-5-3-4-6-14-9/h3-4,9-10H,5-8H2,1-2H3. The summed E-state index contributed by atoms with van der Waals surface area (Å²) in [6.45, 7) is 5.23. The molecule has 2 unspecified atom stereocenters. The Balaban J connectivity index is 1.70. The lowest BCUT2D eigenvalue weighted by molar-refractivity contribution is -0.150. The van der Waals surface area contributed by atoms with Crippen LogP contribution in [0.2, 0.25) is 0 Å². The van der Waals surface area contributed by atoms with Crippen molar-refractivity contribution in [3.05, 3.63) is 12.2 Å². The van der Waals surface area contributed by atoms with Gasteiger partial charge in [0.2, 0.25) is 0 Å². The summed E-state index contributed by atoms with van der Waals surface area (Å²) in [5, 5.41) is 0. The summed E-state index contributed by atoms with van der Waals surface area (Å²) in [4.78, 5) is 11.6. The molecule has 1 fully saturated rings. The van der Waals surface area contributed by atoms with Gasteiger partial charge in [-0.25, -0.2) is 0 Å². The summed E-state index contributed by atoms with van der Waals surface area (Å²) < 4.78 is 10.7. The second kappa shape index (κ2) is 3.97. The van der Waals surface area contributed by atoms with E-state index in [2.05, 4.69) is 19.9 Å². The molecular weight excluding hydrogens is 192 g/mol. The Hall–Kier alpha value is -0.830. The smallest absolute Gasteiger partial charge is 0.309 e. The van der Waals surface area contributed by atoms with Crippen LogP contribution in [0.5, 0.6) is 0 Å². The molecule has 1 saturated carbocycles. The molecular formula is C12H18O3. The lowest BCUT2D eigenvalue weighted by atomic mass is 10.1. The molecule has 0 amide bonds. The molecule has 84 valence electrons. The van der Waals surface area contributed by atoms with Gasteiger partial charge in [0.15, 0.2) is 0 Å². The van der Waals surface area contributed by atoms with Crippen molar-refractivity contribution in [3.63, 3.8) is 0 Å². The Bertz CT molecular complexity index is 281. The van der Waals surface area contributed by atoms with E-state index in [0.29, 0.717) is 13.2 Å². The summed E-state index contributed by atoms with van der Waals surface area (Å²) in [6.07, 6.45) is 5.92. The van der Waals surface area contributed by atoms with Crippen molar-refractivity contribution in [1.29, 1.82) is 0 Å². The quantitative estimate of drug-likeness (QED) is 0.527. The molecule has 2 atom stereocenters. The Morgan fingerprint density at radius 3 is 2.80 bits per heavy atom. The van der Waals surface area contributed by atoms with Gasteiger partial charge in [0.1, 0.15) is 6.61 Å². The van der Waals surface area contributed by atoms with Gasteiger partial charge in [-0.15, -0.1) is 0 Å². The van der Waals surface area contributed by atoms with Crippen LogP contribution in [-0.2, 0) is 14.3 Å². The van der Waals surface area contributed by atoms with Crippen LogP contribution >= 0.6 is 0 Å². The zero-order chi connectivity index (χ0) is 10.9. The van der Waals surface area contributed by atoms with Crippen LogP contribution in [0.3, 0.4) is 0 Å². The number of rotatable bonds is 3. The van der Waals surface area contributed by atoms with Crippen LogP contribution < -0.4 is 0 Å². The van der Waals surface area contributed by atoms with E-state index in [4.69, 9.17) is 9.47 Å². The van der Waals surface area contributed by atoms with Crippen LogP contribution in [0.1, 0.15) is 26.7 Å². The van der Waals surface area contributed by atoms with Crippen LogP contribution in [0.4, 0.5) is 0 Å². The molecule has 3 nitrogen and oxygen atoms in total. The minimum Gasteiger partial charge on any atom is -0.463 e. The number of carbonyl (C=O) groups is 1. The van der Waals surface area contributed by atoms with E-state index in [9.17, 15) is 4.79 Å². The minimum absolute atomic E-state index is 0.0563. The molecule has 2 rings (SSSR count). The number of hydrogen-bond acceptors (Lipinski definition) is 3. The first kappa shape index (κ1) is 10.7. The Morgan fingerprint density at radius 2 is 2.27 bits per heavy atom. The van der Waals surface area contributed by atoms with Crippen molar-refractivity contribution in [1.82, 2.24) is 0 Å². The molecule has 0 spiro atoms. The normalized spacial score (nSPS) is 32.4. The minimum atomic E-state index is -0.0573. The van der Waals surface area contributed by atoms with Crippen molar-refractivity contribution in [3.8, 4) is 0 Å². The fourth-order valence-electron chi connectivity index (χ4n) is 1.84. The molecule has 0 aromatic heterocycles. The van der Waals surface area contributed by atoms with E-state index in [-0.39, 0.29) is 23.4 Å². The lowest BCUT2D eigenvalue weighted by Crippen LogP contribution is -2.24. The SMILES string of the molecule is CC1(C)CC1C(=O)OCC1CC=CCO1. The zero-order valence-corrected chi connectivity index (χ0v) is 9.36. The average Bonchev–Trinajstić information content (AvgIpc) is 2.86. The first-order valence-corrected chi connectivity index (χ1v) is 5.53. The topological polar surface area (TPSA) is 35.5 Å². The van der Waals surface area contributed by atoms with E-state index in [1.807, 2.05) is 6.08 Å². The van der Waals surface area contributed by atoms with Gasteiger partial charge in [-0.3, -0.25) is 4.79 Å². The molecule has 1 aliphatic heterocycles. The van der Waals surface area contributed by atoms with Crippen LogP contribution in [-0.4, -0.2) is 25.3 Å². The molecule has 0 radical (unpaired) electrons. The monoisotopic (exact) mass is 210 g/mol. The highest BCUT2D eigenvalue weighted by molar-refractivity contribution is 5.76. The highest BCUT2D eigenvalue weighted by atomic mass is 16.6. The number of hydrogen-bond donors (Lipinski definition) is 0. The van der Waals surface area contributed by atoms with E-state index >= 15 is 0 Å². The maximum Gasteiger partial charge on any atom is 0.309 e. The van der Waals surface area contributed by atoms with Gasteiger partial charge in [-0.2, -0.15) is 0 Å². The van der Waals surface area contributed by atoms with Crippen molar-refractivity contribution in [2.24, 2.45) is 11.3 Å². The molecule has 0 aromatic rings. The van der Waals surface area contributed by atoms with Crippen molar-refractivity contribution in [2.75, 3.05) is 13.2 Å². The number of esters is 1. The first-order chi connectivity index (χ1) is 7.09. The molecule has 2 aliphatic rings. The van der Waals surface area contributed by atoms with Crippen LogP contribution in [0.15, 0.2) is 12.2 Å². The Kier molecular flexibility index (Phi) is 2.83. The molecule has 0 N–H and O–H groups in total. The van der Waals surface area contributed by atoms with Gasteiger partial charge in [-0.05, 0) is 18.3 Å². The van der Waals surface area contributed by atoms with Crippen molar-refractivity contribution < 1.29 is 14.3 Å². The molecule has 0 aromatic carbocycles. The van der Waals surface area contributed by atoms with Gasteiger partial charge in [0.05, 0.1) is 18.6 Å². The third-order valence-electron chi connectivity index (χ3n) is 3.20. The van der Waals surface area contributed by atoms with Gasteiger partial charge in [0, 0.05) is 0 Å². The van der Waals surface area contributed by atoms with E-state index in [1.54, 1.807) is 0 Å². The second-order valence-electron chi connectivity index (χ2n) is 5.04. The molecule has 15 heavy (non-hydrogen) atoms. The predicted molar refractivity (Wildman–Crippen MR) is 56.3 cm³/mol. The molecule has 1 aliphatic carbocycles. The molecule has 1 heterocycles. The summed E-state index contributed by atoms with van der Waals surface area (Å²) >= 11 is 0. The maximum atomic E-state index is 11.6. The van der Waals surface area contributed by atoms with Crippen LogP contribution in [0, 0.1) is 11.3 Å². The molecule has 3 heteroatoms. The van der Waals surface area contributed by atoms with E-state index < -0.39 is 0 Å². The predicted octanol–water partition coefficient (Wildman–Crippen LogP) is 1.92. The highest BCUT2D eigenvalue weighted by Crippen LogP contribution is 2.52. The lowest BCUT2D eigenvalue weighted by Gasteiger charge is -2.18. The largest absolute Gasteiger partial charge is 0.463 e. The highest BCUT2D eigenvalue weighted by Gasteiger charge is 2.51. The van der Waals surface area contributed by atoms with Crippen molar-refractivity contribution in [2.45, 2.75) is 32.8 Å².